The van der Waals surface area contributed by atoms with Crippen LogP contribution in [-0.2, 0) is 14.8 Å². The number of carbonyl (C=O) groups is 1. The third-order valence-electron chi connectivity index (χ3n) is 8.11. The molecule has 1 atom stereocenters. The van der Waals surface area contributed by atoms with Gasteiger partial charge in [-0.3, -0.25) is 4.79 Å². The van der Waals surface area contributed by atoms with Crippen LogP contribution in [0.15, 0.2) is 21.9 Å². The zero-order chi connectivity index (χ0) is 29.7. The number of halogens is 4. The second-order valence-electron chi connectivity index (χ2n) is 12.1. The van der Waals surface area contributed by atoms with Crippen molar-refractivity contribution in [1.29, 1.82) is 0 Å². The topological polar surface area (TPSA) is 87.2 Å². The molecule has 4 rings (SSSR count). The predicted molar refractivity (Wildman–Crippen MR) is 145 cm³/mol. The molecule has 0 amide bonds. The molecule has 0 bridgehead atoms. The summed E-state index contributed by atoms with van der Waals surface area (Å²) in [5, 5.41) is 9.14. The fourth-order valence-electron chi connectivity index (χ4n) is 5.40. The largest absolute Gasteiger partial charge is 0.491 e. The first-order valence-electron chi connectivity index (χ1n) is 13.6. The Bertz CT molecular complexity index is 1210. The summed E-state index contributed by atoms with van der Waals surface area (Å²) in [6.45, 7) is 3.71. The van der Waals surface area contributed by atoms with Gasteiger partial charge in [0.2, 0.25) is 21.9 Å². The van der Waals surface area contributed by atoms with E-state index in [1.807, 2.05) is 4.90 Å². The maximum atomic E-state index is 13.9. The summed E-state index contributed by atoms with van der Waals surface area (Å²) in [5.41, 5.74) is -0.886. The number of carboxylic acids is 1. The molecule has 2 fully saturated rings. The van der Waals surface area contributed by atoms with Crippen molar-refractivity contribution in [1.82, 2.24) is 4.31 Å². The fourth-order valence-corrected chi connectivity index (χ4v) is 8.40. The van der Waals surface area contributed by atoms with E-state index >= 15 is 0 Å². The van der Waals surface area contributed by atoms with Gasteiger partial charge in [-0.05, 0) is 46.1 Å². The predicted octanol–water partition coefficient (Wildman–Crippen LogP) is 6.25. The van der Waals surface area contributed by atoms with Gasteiger partial charge >= 0.3 is 5.97 Å². The molecule has 3 aliphatic rings. The molecule has 0 aromatic heterocycles. The Kier molecular flexibility index (Phi) is 8.71. The monoisotopic (exact) mass is 610 g/mol. The van der Waals surface area contributed by atoms with E-state index in [9.17, 15) is 35.9 Å². The Hall–Kier alpha value is -1.73. The Morgan fingerprint density at radius 3 is 2.35 bits per heavy atom. The van der Waals surface area contributed by atoms with Crippen molar-refractivity contribution >= 4 is 33.4 Å². The number of hydrogen-bond acceptors (Lipinski definition) is 6. The molecular formula is C27H38F4N2O5S2. The van der Waals surface area contributed by atoms with E-state index < -0.39 is 51.0 Å². The highest BCUT2D eigenvalue weighted by atomic mass is 32.2. The van der Waals surface area contributed by atoms with E-state index in [2.05, 4.69) is 0 Å². The lowest BCUT2D eigenvalue weighted by atomic mass is 9.94. The van der Waals surface area contributed by atoms with Gasteiger partial charge in [0.1, 0.15) is 17.3 Å². The summed E-state index contributed by atoms with van der Waals surface area (Å²) in [6.07, 6.45) is 2.41. The maximum Gasteiger partial charge on any atom is 0.312 e. The molecule has 1 N–H and O–H groups in total. The average Bonchev–Trinajstić information content (AvgIpc) is 3.33. The van der Waals surface area contributed by atoms with Gasteiger partial charge in [0.25, 0.3) is 0 Å². The van der Waals surface area contributed by atoms with Crippen LogP contribution in [0.5, 0.6) is 5.75 Å². The van der Waals surface area contributed by atoms with Crippen molar-refractivity contribution in [2.45, 2.75) is 111 Å². The number of ether oxygens (including phenoxy) is 1. The zero-order valence-electron chi connectivity index (χ0n) is 23.3. The lowest BCUT2D eigenvalue weighted by Crippen LogP contribution is -2.45. The first kappa shape index (κ1) is 31.2. The Balaban J connectivity index is 1.79. The average molecular weight is 611 g/mol. The van der Waals surface area contributed by atoms with Crippen molar-refractivity contribution in [2.24, 2.45) is 5.41 Å². The molecule has 2 aliphatic carbocycles. The second kappa shape index (κ2) is 11.2. The highest BCUT2D eigenvalue weighted by Gasteiger charge is 2.47. The minimum absolute atomic E-state index is 0.00804. The molecule has 1 aliphatic heterocycles. The minimum atomic E-state index is -4.16. The van der Waals surface area contributed by atoms with Crippen molar-refractivity contribution in [3.8, 4) is 5.75 Å². The molecule has 0 unspecified atom stereocenters. The van der Waals surface area contributed by atoms with Crippen LogP contribution < -0.4 is 9.64 Å². The fraction of sp³-hybridized carbons (Fsp3) is 0.741. The Labute approximate surface area is 237 Å². The number of rotatable bonds is 10. The van der Waals surface area contributed by atoms with E-state index in [-0.39, 0.29) is 49.1 Å². The summed E-state index contributed by atoms with van der Waals surface area (Å²) >= 11 is 1.17. The third kappa shape index (κ3) is 6.83. The quantitative estimate of drug-likeness (QED) is 0.313. The highest BCUT2D eigenvalue weighted by molar-refractivity contribution is 8.00. The summed E-state index contributed by atoms with van der Waals surface area (Å²) in [6, 6.07) is 2.31. The van der Waals surface area contributed by atoms with Crippen LogP contribution in [0.3, 0.4) is 0 Å². The molecule has 1 heterocycles. The first-order valence-corrected chi connectivity index (χ1v) is 15.9. The molecule has 2 saturated carbocycles. The van der Waals surface area contributed by atoms with Crippen LogP contribution in [0.25, 0.3) is 0 Å². The third-order valence-corrected chi connectivity index (χ3v) is 11.3. The lowest BCUT2D eigenvalue weighted by Gasteiger charge is -2.36. The Morgan fingerprint density at radius 2 is 1.80 bits per heavy atom. The number of anilines is 1. The van der Waals surface area contributed by atoms with Crippen molar-refractivity contribution in [2.75, 3.05) is 25.1 Å². The van der Waals surface area contributed by atoms with Gasteiger partial charge in [0.05, 0.1) is 16.0 Å². The van der Waals surface area contributed by atoms with Crippen LogP contribution in [-0.4, -0.2) is 73.2 Å². The number of aliphatic carboxylic acids is 1. The number of thioether (sulfide) groups is 1. The van der Waals surface area contributed by atoms with Crippen LogP contribution >= 0.6 is 11.8 Å². The van der Waals surface area contributed by atoms with Gasteiger partial charge in [-0.15, -0.1) is 11.8 Å². The van der Waals surface area contributed by atoms with Gasteiger partial charge in [-0.2, -0.15) is 4.31 Å². The summed E-state index contributed by atoms with van der Waals surface area (Å²) < 4.78 is 89.9. The minimum Gasteiger partial charge on any atom is -0.491 e. The molecule has 226 valence electrons. The van der Waals surface area contributed by atoms with Crippen LogP contribution in [0.4, 0.5) is 23.2 Å². The summed E-state index contributed by atoms with van der Waals surface area (Å²) in [4.78, 5) is 14.1. The van der Waals surface area contributed by atoms with Crippen molar-refractivity contribution in [3.63, 3.8) is 0 Å². The van der Waals surface area contributed by atoms with Gasteiger partial charge in [-0.25, -0.2) is 26.0 Å². The van der Waals surface area contributed by atoms with E-state index in [0.717, 1.165) is 36.9 Å². The maximum absolute atomic E-state index is 13.9. The van der Waals surface area contributed by atoms with E-state index in [4.69, 9.17) is 4.74 Å². The van der Waals surface area contributed by atoms with Gasteiger partial charge in [-0.1, -0.05) is 12.8 Å². The SMILES string of the molecule is CN1[C@H](CCC(C)(F)F)CN(C2CCCC2)c2cc(SC3CC(F)(F)C3)c(OCC(C)(C)C(=O)O)cc2S1(=O)=O. The molecule has 13 heteroatoms. The van der Waals surface area contributed by atoms with Crippen molar-refractivity contribution < 1.29 is 40.6 Å². The molecule has 0 radical (unpaired) electrons. The number of sulfonamides is 1. The molecule has 1 aromatic carbocycles. The number of carboxylic acid groups (broad SMARTS) is 1. The number of nitrogens with zero attached hydrogens (tertiary/aromatic N) is 2. The normalized spacial score (nSPS) is 23.9. The first-order chi connectivity index (χ1) is 18.4. The zero-order valence-corrected chi connectivity index (χ0v) is 24.9. The molecule has 0 spiro atoms. The van der Waals surface area contributed by atoms with Gasteiger partial charge in [0.15, 0.2) is 0 Å². The number of fused-ring (bicyclic) bond motifs is 1. The molecule has 0 saturated heterocycles. The number of benzene rings is 1. The second-order valence-corrected chi connectivity index (χ2v) is 15.4. The molecule has 40 heavy (non-hydrogen) atoms. The summed E-state index contributed by atoms with van der Waals surface area (Å²) in [7, 11) is -2.77. The standard InChI is InChI=1S/C27H38F4N2O5S2/c1-25(2,24(34)35)16-38-21-12-23-20(11-22(21)39-19-13-27(30,31)14-19)33(17-7-5-6-8-17)15-18(9-10-26(3,28)29)32(4)40(23,36)37/h11-12,17-19H,5-10,13-16H2,1-4H3,(H,34,35)/t18-/m1/s1. The highest BCUT2D eigenvalue weighted by Crippen LogP contribution is 2.51. The van der Waals surface area contributed by atoms with Gasteiger partial charge in [0, 0.05) is 56.3 Å². The van der Waals surface area contributed by atoms with Crippen LogP contribution in [0.2, 0.25) is 0 Å². The van der Waals surface area contributed by atoms with E-state index in [0.29, 0.717) is 10.6 Å². The van der Waals surface area contributed by atoms with Crippen LogP contribution in [0.1, 0.15) is 72.1 Å². The summed E-state index contributed by atoms with van der Waals surface area (Å²) in [5.74, 6) is -6.71. The molecular weight excluding hydrogens is 572 g/mol. The molecule has 1 aromatic rings. The lowest BCUT2D eigenvalue weighted by molar-refractivity contribution is -0.148. The van der Waals surface area contributed by atoms with E-state index in [1.54, 1.807) is 6.07 Å². The number of likely N-dealkylation sites (N-methyl/N-ethyl adjacent to an activating group) is 1. The van der Waals surface area contributed by atoms with E-state index in [1.165, 1.54) is 38.7 Å². The van der Waals surface area contributed by atoms with Crippen LogP contribution in [0, 0.1) is 5.41 Å². The number of hydrogen-bond donors (Lipinski definition) is 1. The van der Waals surface area contributed by atoms with Crippen molar-refractivity contribution in [3.05, 3.63) is 12.1 Å². The Morgan fingerprint density at radius 1 is 1.18 bits per heavy atom. The number of alkyl halides is 4. The smallest absolute Gasteiger partial charge is 0.312 e. The van der Waals surface area contributed by atoms with Gasteiger partial charge < -0.3 is 14.7 Å². The molecule has 7 nitrogen and oxygen atoms in total.